The average Bonchev–Trinajstić information content (AvgIpc) is 3.70. The molecule has 0 fully saturated rings. The molecule has 0 aliphatic heterocycles. The number of fused-ring (bicyclic) bond motifs is 5. The molecule has 0 unspecified atom stereocenters. The molecule has 1 aromatic heterocycles. The van der Waals surface area contributed by atoms with E-state index in [1.54, 1.807) is 24.3 Å². The minimum atomic E-state index is -0.482. The first-order chi connectivity index (χ1) is 29.9. The summed E-state index contributed by atoms with van der Waals surface area (Å²) in [6.07, 6.45) is 0. The molecule has 0 aliphatic carbocycles. The molecule has 0 spiro atoms. The summed E-state index contributed by atoms with van der Waals surface area (Å²) in [7, 11) is 0. The fraction of sp³-hybridized carbons (Fsp3) is 0. The van der Waals surface area contributed by atoms with Gasteiger partial charge in [-0.3, -0.25) is 0 Å². The molecule has 0 saturated heterocycles. The lowest BCUT2D eigenvalue weighted by molar-refractivity contribution is 0.669. The molecular formula is C50H32O. The molecule has 0 N–H and O–H groups in total. The summed E-state index contributed by atoms with van der Waals surface area (Å²) < 4.78 is 105. The van der Waals surface area contributed by atoms with Gasteiger partial charge in [0.2, 0.25) is 0 Å². The van der Waals surface area contributed by atoms with Gasteiger partial charge in [-0.15, -0.1) is 0 Å². The highest BCUT2D eigenvalue weighted by Gasteiger charge is 2.21. The predicted molar refractivity (Wildman–Crippen MR) is 216 cm³/mol. The summed E-state index contributed by atoms with van der Waals surface area (Å²) in [6, 6.07) is 35.8. The molecule has 0 saturated carbocycles. The van der Waals surface area contributed by atoms with Crippen LogP contribution in [0.5, 0.6) is 0 Å². The summed E-state index contributed by atoms with van der Waals surface area (Å²) in [6.45, 7) is 0. The van der Waals surface area contributed by atoms with Crippen LogP contribution in [0.15, 0.2) is 198 Å². The van der Waals surface area contributed by atoms with Crippen LogP contribution in [0, 0.1) is 0 Å². The molecule has 51 heavy (non-hydrogen) atoms. The molecule has 0 atom stereocenters. The maximum absolute atomic E-state index is 9.58. The maximum atomic E-state index is 9.58. The van der Waals surface area contributed by atoms with Crippen molar-refractivity contribution in [2.24, 2.45) is 0 Å². The molecule has 0 aliphatic rings. The molecule has 238 valence electrons. The summed E-state index contributed by atoms with van der Waals surface area (Å²) >= 11 is 0. The van der Waals surface area contributed by atoms with Crippen LogP contribution in [0.1, 0.15) is 15.1 Å². The second-order valence-electron chi connectivity index (χ2n) is 12.3. The zero-order valence-electron chi connectivity index (χ0n) is 38.0. The van der Waals surface area contributed by atoms with Gasteiger partial charge < -0.3 is 4.42 Å². The minimum absolute atomic E-state index is 0.0559. The molecule has 0 amide bonds. The van der Waals surface area contributed by atoms with E-state index in [4.69, 9.17) is 16.8 Å². The standard InChI is InChI=1S/C50H32O/c1-4-15-33(16-5-1)36-28-30-46-45(31-36)50-43(25-14-26-47(50)51-46)49-41-23-12-10-21-39(41)48(40-22-11-13-24-42(40)49)37-27-29-38(34-17-6-2-7-18-34)44(32-37)35-19-8-3-9-20-35/h1-32H/i3D,8D,9D,14D,19D,20D,25D,26D,28D,30D,31D. The summed E-state index contributed by atoms with van der Waals surface area (Å²) in [5.74, 6) is 0. The highest BCUT2D eigenvalue weighted by atomic mass is 16.3. The van der Waals surface area contributed by atoms with Gasteiger partial charge in [0.1, 0.15) is 11.2 Å². The fourth-order valence-corrected chi connectivity index (χ4v) is 7.26. The van der Waals surface area contributed by atoms with Crippen LogP contribution in [0.3, 0.4) is 0 Å². The Labute approximate surface area is 312 Å². The number of furan rings is 1. The highest BCUT2D eigenvalue weighted by Crippen LogP contribution is 2.48. The van der Waals surface area contributed by atoms with Crippen molar-refractivity contribution >= 4 is 43.5 Å². The van der Waals surface area contributed by atoms with Crippen molar-refractivity contribution in [3.63, 3.8) is 0 Å². The normalized spacial score (nSPS) is 14.5. The number of hydrogen-bond donors (Lipinski definition) is 0. The van der Waals surface area contributed by atoms with Gasteiger partial charge in [0.05, 0.1) is 15.1 Å². The average molecular weight is 660 g/mol. The van der Waals surface area contributed by atoms with Crippen LogP contribution in [0.25, 0.3) is 99.1 Å². The van der Waals surface area contributed by atoms with E-state index >= 15 is 0 Å². The minimum Gasteiger partial charge on any atom is -0.456 e. The van der Waals surface area contributed by atoms with E-state index in [-0.39, 0.29) is 80.9 Å². The Hall–Kier alpha value is -6.70. The number of rotatable bonds is 5. The summed E-state index contributed by atoms with van der Waals surface area (Å²) in [5.41, 5.74) is 4.91. The monoisotopic (exact) mass is 659 g/mol. The SMILES string of the molecule is [2H]c1c([2H])c([2H])c(-c2cc(-c3c4ccccc4c(-c4c([2H])c([2H])c([2H])c5oc6c([2H])c([2H])c(-c7ccccc7)c([2H])c6c45)c4ccccc34)ccc2-c2ccccc2)c([2H])c1[2H]. The third kappa shape index (κ3) is 4.86. The fourth-order valence-electron chi connectivity index (χ4n) is 7.26. The van der Waals surface area contributed by atoms with Gasteiger partial charge in [-0.05, 0) is 101 Å². The van der Waals surface area contributed by atoms with Gasteiger partial charge in [0, 0.05) is 10.8 Å². The van der Waals surface area contributed by atoms with Crippen LogP contribution in [0.2, 0.25) is 0 Å². The quantitative estimate of drug-likeness (QED) is 0.168. The lowest BCUT2D eigenvalue weighted by Gasteiger charge is -2.19. The van der Waals surface area contributed by atoms with Gasteiger partial charge in [-0.2, -0.15) is 0 Å². The van der Waals surface area contributed by atoms with Crippen molar-refractivity contribution in [2.45, 2.75) is 0 Å². The van der Waals surface area contributed by atoms with Gasteiger partial charge >= 0.3 is 0 Å². The molecule has 0 radical (unpaired) electrons. The maximum Gasteiger partial charge on any atom is 0.136 e. The van der Waals surface area contributed by atoms with Crippen molar-refractivity contribution in [1.29, 1.82) is 0 Å². The van der Waals surface area contributed by atoms with Crippen LogP contribution < -0.4 is 0 Å². The van der Waals surface area contributed by atoms with Crippen LogP contribution in [0.4, 0.5) is 0 Å². The molecule has 1 nitrogen and oxygen atoms in total. The van der Waals surface area contributed by atoms with Crippen LogP contribution >= 0.6 is 0 Å². The van der Waals surface area contributed by atoms with E-state index in [2.05, 4.69) is 0 Å². The Bertz CT molecular complexity index is 3440. The van der Waals surface area contributed by atoms with E-state index in [0.29, 0.717) is 38.6 Å². The lowest BCUT2D eigenvalue weighted by Crippen LogP contribution is -1.93. The van der Waals surface area contributed by atoms with Crippen molar-refractivity contribution in [1.82, 2.24) is 0 Å². The molecule has 1 heterocycles. The third-order valence-electron chi connectivity index (χ3n) is 9.48. The largest absolute Gasteiger partial charge is 0.456 e. The van der Waals surface area contributed by atoms with Crippen molar-refractivity contribution in [2.75, 3.05) is 0 Å². The molecule has 10 rings (SSSR count). The first kappa shape index (κ1) is 20.1. The zero-order valence-corrected chi connectivity index (χ0v) is 27.0. The first-order valence-corrected chi connectivity index (χ1v) is 16.6. The number of hydrogen-bond acceptors (Lipinski definition) is 1. The Morgan fingerprint density at radius 3 is 1.67 bits per heavy atom. The van der Waals surface area contributed by atoms with Gasteiger partial charge in [0.25, 0.3) is 0 Å². The van der Waals surface area contributed by atoms with Crippen LogP contribution in [-0.2, 0) is 0 Å². The van der Waals surface area contributed by atoms with Gasteiger partial charge in [0.15, 0.2) is 0 Å². The smallest absolute Gasteiger partial charge is 0.136 e. The van der Waals surface area contributed by atoms with Crippen molar-refractivity contribution < 1.29 is 19.5 Å². The molecule has 9 aromatic carbocycles. The topological polar surface area (TPSA) is 13.1 Å². The lowest BCUT2D eigenvalue weighted by atomic mass is 9.83. The van der Waals surface area contributed by atoms with Gasteiger partial charge in [-0.1, -0.05) is 170 Å². The highest BCUT2D eigenvalue weighted by molar-refractivity contribution is 6.26. The Morgan fingerprint density at radius 2 is 0.980 bits per heavy atom. The molecule has 1 heteroatoms. The second kappa shape index (κ2) is 12.0. The number of benzene rings is 9. The zero-order chi connectivity index (χ0) is 43.3. The summed E-state index contributed by atoms with van der Waals surface area (Å²) in [5, 5.41) is 3.25. The Morgan fingerprint density at radius 1 is 0.353 bits per heavy atom. The predicted octanol–water partition coefficient (Wildman–Crippen LogP) is 14.2. The van der Waals surface area contributed by atoms with Crippen molar-refractivity contribution in [3.8, 4) is 55.6 Å². The van der Waals surface area contributed by atoms with E-state index in [9.17, 15) is 2.74 Å². The van der Waals surface area contributed by atoms with Crippen molar-refractivity contribution in [3.05, 3.63) is 194 Å². The first-order valence-electron chi connectivity index (χ1n) is 22.1. The third-order valence-corrected chi connectivity index (χ3v) is 9.48. The Kier molecular flexibility index (Phi) is 4.73. The van der Waals surface area contributed by atoms with E-state index < -0.39 is 24.2 Å². The Balaban J connectivity index is 1.34. The van der Waals surface area contributed by atoms with E-state index in [1.165, 1.54) is 0 Å². The summed E-state index contributed by atoms with van der Waals surface area (Å²) in [4.78, 5) is 0. The molecular weight excluding hydrogens is 617 g/mol. The van der Waals surface area contributed by atoms with Crippen LogP contribution in [-0.4, -0.2) is 0 Å². The van der Waals surface area contributed by atoms with E-state index in [0.717, 1.165) is 21.9 Å². The van der Waals surface area contributed by atoms with Gasteiger partial charge in [-0.25, -0.2) is 0 Å². The molecule has 10 aromatic rings. The molecule has 0 bridgehead atoms. The van der Waals surface area contributed by atoms with E-state index in [1.807, 2.05) is 103 Å². The second-order valence-corrected chi connectivity index (χ2v) is 12.3.